The number of thiocarbonyl (C=S) groups is 1. The Hall–Kier alpha value is -2.15. The van der Waals surface area contributed by atoms with Crippen LogP contribution in [0.15, 0.2) is 9.70 Å². The molecule has 0 spiro atoms. The van der Waals surface area contributed by atoms with Gasteiger partial charge in [-0.15, -0.1) is 0 Å². The van der Waals surface area contributed by atoms with Gasteiger partial charge in [-0.3, -0.25) is 19.1 Å². The number of anilines is 1. The SMILES string of the molecule is CCCCN1C(=O)/C(=C/c2c(C)c(C#N)c(=O)n(CCCC)c2N2CCN(C)CC2)SC1=S. The highest BCUT2D eigenvalue weighted by Crippen LogP contribution is 2.36. The first-order valence-corrected chi connectivity index (χ1v) is 12.9. The number of nitrogens with zero attached hydrogens (tertiary/aromatic N) is 5. The van der Waals surface area contributed by atoms with Crippen molar-refractivity contribution < 1.29 is 4.79 Å². The highest BCUT2D eigenvalue weighted by Gasteiger charge is 2.33. The Morgan fingerprint density at radius 2 is 1.73 bits per heavy atom. The van der Waals surface area contributed by atoms with Crippen LogP contribution in [0.25, 0.3) is 6.08 Å². The number of rotatable bonds is 8. The fourth-order valence-electron chi connectivity index (χ4n) is 4.17. The summed E-state index contributed by atoms with van der Waals surface area (Å²) in [6.45, 7) is 10.5. The molecule has 1 amide bonds. The van der Waals surface area contributed by atoms with E-state index in [1.54, 1.807) is 9.47 Å². The van der Waals surface area contributed by atoms with Gasteiger partial charge in [0.2, 0.25) is 0 Å². The largest absolute Gasteiger partial charge is 0.355 e. The lowest BCUT2D eigenvalue weighted by Gasteiger charge is -2.36. The van der Waals surface area contributed by atoms with Crippen molar-refractivity contribution in [1.82, 2.24) is 14.4 Å². The lowest BCUT2D eigenvalue weighted by atomic mass is 10.0. The maximum Gasteiger partial charge on any atom is 0.270 e. The van der Waals surface area contributed by atoms with Crippen molar-refractivity contribution >= 4 is 46.1 Å². The molecule has 3 rings (SSSR count). The van der Waals surface area contributed by atoms with Crippen molar-refractivity contribution in [2.75, 3.05) is 44.7 Å². The second-order valence-corrected chi connectivity index (χ2v) is 10.3. The molecule has 0 N–H and O–H groups in total. The Morgan fingerprint density at radius 3 is 2.33 bits per heavy atom. The minimum absolute atomic E-state index is 0.0907. The number of nitriles is 1. The van der Waals surface area contributed by atoms with Crippen molar-refractivity contribution in [3.63, 3.8) is 0 Å². The van der Waals surface area contributed by atoms with Gasteiger partial charge in [0.05, 0.1) is 4.91 Å². The summed E-state index contributed by atoms with van der Waals surface area (Å²) in [6, 6.07) is 2.12. The van der Waals surface area contributed by atoms with Gasteiger partial charge in [0, 0.05) is 44.8 Å². The van der Waals surface area contributed by atoms with Crippen LogP contribution in [0.2, 0.25) is 0 Å². The molecular weight excluding hydrogens is 454 g/mol. The highest BCUT2D eigenvalue weighted by molar-refractivity contribution is 8.26. The second-order valence-electron chi connectivity index (χ2n) is 8.64. The Labute approximate surface area is 206 Å². The molecule has 0 aliphatic carbocycles. The molecule has 0 bridgehead atoms. The van der Waals surface area contributed by atoms with E-state index in [4.69, 9.17) is 12.2 Å². The van der Waals surface area contributed by atoms with Gasteiger partial charge >= 0.3 is 0 Å². The third-order valence-corrected chi connectivity index (χ3v) is 7.65. The van der Waals surface area contributed by atoms with E-state index in [0.717, 1.165) is 63.2 Å². The third kappa shape index (κ3) is 5.34. The number of unbranched alkanes of at least 4 members (excludes halogenated alkanes) is 2. The first-order chi connectivity index (χ1) is 15.8. The first-order valence-electron chi connectivity index (χ1n) is 11.7. The summed E-state index contributed by atoms with van der Waals surface area (Å²) in [5, 5.41) is 9.80. The van der Waals surface area contributed by atoms with E-state index in [0.29, 0.717) is 27.9 Å². The van der Waals surface area contributed by atoms with E-state index in [-0.39, 0.29) is 17.0 Å². The summed E-state index contributed by atoms with van der Waals surface area (Å²) in [4.78, 5) is 33.2. The summed E-state index contributed by atoms with van der Waals surface area (Å²) in [7, 11) is 2.09. The van der Waals surface area contributed by atoms with Gasteiger partial charge in [-0.25, -0.2) is 0 Å². The van der Waals surface area contributed by atoms with Crippen LogP contribution in [0.3, 0.4) is 0 Å². The number of hydrogen-bond acceptors (Lipinski definition) is 7. The number of amides is 1. The number of piperazine rings is 1. The van der Waals surface area contributed by atoms with Crippen LogP contribution < -0.4 is 10.5 Å². The van der Waals surface area contributed by atoms with Gasteiger partial charge < -0.3 is 9.80 Å². The Kier molecular flexibility index (Phi) is 8.74. The average molecular weight is 488 g/mol. The van der Waals surface area contributed by atoms with Crippen LogP contribution in [0.4, 0.5) is 5.82 Å². The molecule has 7 nitrogen and oxygen atoms in total. The molecule has 2 aliphatic heterocycles. The van der Waals surface area contributed by atoms with Crippen LogP contribution in [0, 0.1) is 18.3 Å². The summed E-state index contributed by atoms with van der Waals surface area (Å²) < 4.78 is 2.32. The number of aromatic nitrogens is 1. The van der Waals surface area contributed by atoms with Crippen LogP contribution in [-0.4, -0.2) is 64.4 Å². The van der Waals surface area contributed by atoms with E-state index in [1.807, 2.05) is 13.0 Å². The van der Waals surface area contributed by atoms with E-state index in [2.05, 4.69) is 36.8 Å². The molecule has 178 valence electrons. The summed E-state index contributed by atoms with van der Waals surface area (Å²) >= 11 is 6.79. The van der Waals surface area contributed by atoms with Gasteiger partial charge in [-0.2, -0.15) is 5.26 Å². The number of pyridine rings is 1. The van der Waals surface area contributed by atoms with Crippen molar-refractivity contribution in [3.05, 3.63) is 31.9 Å². The second kappa shape index (κ2) is 11.3. The molecule has 33 heavy (non-hydrogen) atoms. The third-order valence-electron chi connectivity index (χ3n) is 6.27. The van der Waals surface area contributed by atoms with Gasteiger partial charge in [0.1, 0.15) is 21.8 Å². The number of likely N-dealkylation sites (N-methyl/N-ethyl adjacent to an activating group) is 1. The molecule has 0 radical (unpaired) electrons. The molecule has 1 aromatic rings. The van der Waals surface area contributed by atoms with Gasteiger partial charge in [0.25, 0.3) is 11.5 Å². The Morgan fingerprint density at radius 1 is 1.09 bits per heavy atom. The predicted octanol–water partition coefficient (Wildman–Crippen LogP) is 3.58. The molecule has 1 aromatic heterocycles. The van der Waals surface area contributed by atoms with Crippen LogP contribution in [0.1, 0.15) is 56.2 Å². The topological polar surface area (TPSA) is 72.6 Å². The number of thioether (sulfide) groups is 1. The molecule has 0 unspecified atom stereocenters. The zero-order valence-electron chi connectivity index (χ0n) is 20.0. The summed E-state index contributed by atoms with van der Waals surface area (Å²) in [5.74, 6) is 0.726. The molecule has 2 fully saturated rings. The summed E-state index contributed by atoms with van der Waals surface area (Å²) in [6.07, 6.45) is 5.52. The minimum atomic E-state index is -0.245. The molecular formula is C24H33N5O2S2. The molecule has 3 heterocycles. The quantitative estimate of drug-likeness (QED) is 0.410. The average Bonchev–Trinajstić information content (AvgIpc) is 3.06. The first kappa shape index (κ1) is 25.5. The van der Waals surface area contributed by atoms with Gasteiger partial charge in [-0.1, -0.05) is 50.7 Å². The smallest absolute Gasteiger partial charge is 0.270 e. The number of hydrogen-bond donors (Lipinski definition) is 0. The van der Waals surface area contributed by atoms with E-state index in [1.165, 1.54) is 11.8 Å². The Balaban J connectivity index is 2.18. The molecule has 2 aliphatic rings. The molecule has 0 aromatic carbocycles. The van der Waals surface area contributed by atoms with E-state index < -0.39 is 0 Å². The maximum atomic E-state index is 13.3. The van der Waals surface area contributed by atoms with Crippen LogP contribution in [0.5, 0.6) is 0 Å². The fraction of sp³-hybridized carbons (Fsp3) is 0.583. The van der Waals surface area contributed by atoms with Crippen molar-refractivity contribution in [2.45, 2.75) is 53.0 Å². The fourth-order valence-corrected chi connectivity index (χ4v) is 5.46. The standard InChI is InChI=1S/C24H33N5O2S2/c1-5-7-9-28-21(27-13-11-26(4)12-14-27)18(17(3)19(16-25)22(28)30)15-20-23(31)29(10-8-6-2)24(32)33-20/h15H,5-14H2,1-4H3/b20-15-. The van der Waals surface area contributed by atoms with E-state index in [9.17, 15) is 14.9 Å². The molecule has 2 saturated heterocycles. The number of carbonyl (C=O) groups is 1. The van der Waals surface area contributed by atoms with Crippen LogP contribution in [-0.2, 0) is 11.3 Å². The Bertz CT molecular complexity index is 1050. The normalized spacial score (nSPS) is 18.5. The lowest BCUT2D eigenvalue weighted by Crippen LogP contribution is -2.47. The van der Waals surface area contributed by atoms with Gasteiger partial charge in [0.15, 0.2) is 0 Å². The lowest BCUT2D eigenvalue weighted by molar-refractivity contribution is -0.122. The molecule has 0 saturated carbocycles. The zero-order chi connectivity index (χ0) is 24.1. The minimum Gasteiger partial charge on any atom is -0.355 e. The maximum absolute atomic E-state index is 13.3. The zero-order valence-corrected chi connectivity index (χ0v) is 21.7. The number of carbonyl (C=O) groups excluding carboxylic acids is 1. The van der Waals surface area contributed by atoms with Gasteiger partial charge in [-0.05, 0) is 38.5 Å². The summed E-state index contributed by atoms with van der Waals surface area (Å²) in [5.41, 5.74) is 1.31. The monoisotopic (exact) mass is 487 g/mol. The predicted molar refractivity (Wildman–Crippen MR) is 140 cm³/mol. The highest BCUT2D eigenvalue weighted by atomic mass is 32.2. The van der Waals surface area contributed by atoms with E-state index >= 15 is 0 Å². The van der Waals surface area contributed by atoms with Crippen molar-refractivity contribution in [1.29, 1.82) is 5.26 Å². The van der Waals surface area contributed by atoms with Crippen molar-refractivity contribution in [2.24, 2.45) is 0 Å². The molecule has 0 atom stereocenters. The van der Waals surface area contributed by atoms with Crippen molar-refractivity contribution in [3.8, 4) is 6.07 Å². The molecule has 9 heteroatoms. The van der Waals surface area contributed by atoms with Crippen LogP contribution >= 0.6 is 24.0 Å².